The number of methoxy groups -OCH3 is 1. The van der Waals surface area contributed by atoms with Crippen LogP contribution >= 0.6 is 0 Å². The summed E-state index contributed by atoms with van der Waals surface area (Å²) >= 11 is 0. The predicted octanol–water partition coefficient (Wildman–Crippen LogP) is 3.47. The Balaban J connectivity index is 1.71. The van der Waals surface area contributed by atoms with Crippen molar-refractivity contribution in [3.8, 4) is 5.88 Å². The normalized spacial score (nSPS) is 24.2. The maximum absolute atomic E-state index is 13.8. The van der Waals surface area contributed by atoms with E-state index in [-0.39, 0.29) is 19.5 Å². The number of rotatable bonds is 1. The minimum atomic E-state index is -4.81. The van der Waals surface area contributed by atoms with Crippen molar-refractivity contribution in [2.75, 3.05) is 20.2 Å². The molecule has 4 bridgehead atoms. The number of hydrogen-bond donors (Lipinski definition) is 1. The quantitative estimate of drug-likeness (QED) is 0.634. The Labute approximate surface area is 194 Å². The van der Waals surface area contributed by atoms with Gasteiger partial charge >= 0.3 is 12.1 Å². The molecule has 1 aromatic carbocycles. The Morgan fingerprint density at radius 2 is 2.09 bits per heavy atom. The molecule has 3 heterocycles. The molecule has 34 heavy (non-hydrogen) atoms. The lowest BCUT2D eigenvalue weighted by Gasteiger charge is -2.29. The van der Waals surface area contributed by atoms with Crippen molar-refractivity contribution in [3.05, 3.63) is 42.1 Å². The van der Waals surface area contributed by atoms with E-state index in [0.29, 0.717) is 25.1 Å². The van der Waals surface area contributed by atoms with Crippen LogP contribution < -0.4 is 10.1 Å². The second kappa shape index (κ2) is 10.0. The first-order valence-corrected chi connectivity index (χ1v) is 11.2. The van der Waals surface area contributed by atoms with Crippen molar-refractivity contribution in [2.45, 2.75) is 50.0 Å². The van der Waals surface area contributed by atoms with E-state index in [0.717, 1.165) is 28.3 Å². The second-order valence-electron chi connectivity index (χ2n) is 8.43. The number of alkyl halides is 3. The molecule has 1 saturated heterocycles. The molecule has 1 N–H and O–H groups in total. The van der Waals surface area contributed by atoms with E-state index < -0.39 is 36.2 Å². The van der Waals surface area contributed by atoms with Crippen LogP contribution in [0.1, 0.15) is 31.2 Å². The monoisotopic (exact) mass is 477 g/mol. The molecule has 7 nitrogen and oxygen atoms in total. The number of fused-ring (bicyclic) bond motifs is 3. The van der Waals surface area contributed by atoms with Crippen LogP contribution in [0.5, 0.6) is 5.88 Å². The summed E-state index contributed by atoms with van der Waals surface area (Å²) in [6.45, 7) is -0.174. The highest BCUT2D eigenvalue weighted by atomic mass is 19.4. The first kappa shape index (κ1) is 24.0. The molecular weight excluding hydrogens is 451 g/mol. The molecule has 10 heteroatoms. The van der Waals surface area contributed by atoms with Crippen molar-refractivity contribution in [1.29, 1.82) is 0 Å². The van der Waals surface area contributed by atoms with Crippen LogP contribution in [-0.4, -0.2) is 66.3 Å². The van der Waals surface area contributed by atoms with Gasteiger partial charge in [-0.2, -0.15) is 13.2 Å². The molecule has 0 saturated carbocycles. The molecule has 1 fully saturated rings. The van der Waals surface area contributed by atoms with E-state index in [4.69, 9.17) is 9.47 Å². The van der Waals surface area contributed by atoms with E-state index in [1.165, 1.54) is 0 Å². The van der Waals surface area contributed by atoms with Gasteiger partial charge in [-0.25, -0.2) is 9.78 Å². The van der Waals surface area contributed by atoms with Crippen LogP contribution in [0.4, 0.5) is 13.2 Å². The number of amides is 1. The summed E-state index contributed by atoms with van der Waals surface area (Å²) in [6, 6.07) is 4.08. The van der Waals surface area contributed by atoms with Gasteiger partial charge in [-0.05, 0) is 48.9 Å². The summed E-state index contributed by atoms with van der Waals surface area (Å²) in [5.74, 6) is -1.70. The zero-order chi connectivity index (χ0) is 24.3. The minimum Gasteiger partial charge on any atom is -0.472 e. The predicted molar refractivity (Wildman–Crippen MR) is 119 cm³/mol. The third-order valence-corrected chi connectivity index (χ3v) is 6.08. The lowest BCUT2D eigenvalue weighted by atomic mass is 10.1. The first-order chi connectivity index (χ1) is 16.3. The van der Waals surface area contributed by atoms with Gasteiger partial charge < -0.3 is 14.4 Å². The number of nitrogens with one attached hydrogen (secondary N) is 1. The largest absolute Gasteiger partial charge is 0.472 e. The van der Waals surface area contributed by atoms with Crippen LogP contribution in [0, 0.1) is 0 Å². The van der Waals surface area contributed by atoms with Gasteiger partial charge in [0, 0.05) is 18.0 Å². The molecule has 0 radical (unpaired) electrons. The Bertz CT molecular complexity index is 1090. The van der Waals surface area contributed by atoms with E-state index in [9.17, 15) is 22.8 Å². The lowest BCUT2D eigenvalue weighted by molar-refractivity contribution is -0.178. The average molecular weight is 477 g/mol. The van der Waals surface area contributed by atoms with Crippen molar-refractivity contribution in [1.82, 2.24) is 15.2 Å². The SMILES string of the molecule is COC(=O)[C@@H]1C[C@@H]2CN1C(=O)C(C(F)(F)F)NCCCCC=Cc1ccc3ccnc(c3c1)O2. The van der Waals surface area contributed by atoms with Crippen LogP contribution in [0.3, 0.4) is 0 Å². The van der Waals surface area contributed by atoms with Gasteiger partial charge in [0.15, 0.2) is 6.04 Å². The summed E-state index contributed by atoms with van der Waals surface area (Å²) in [5.41, 5.74) is 0.945. The molecule has 2 aliphatic rings. The fourth-order valence-corrected chi connectivity index (χ4v) is 4.36. The molecule has 1 amide bonds. The number of carbonyl (C=O) groups is 2. The molecule has 4 rings (SSSR count). The lowest BCUT2D eigenvalue weighted by Crippen LogP contribution is -2.56. The number of halogens is 3. The summed E-state index contributed by atoms with van der Waals surface area (Å²) < 4.78 is 52.1. The van der Waals surface area contributed by atoms with Crippen molar-refractivity contribution >= 4 is 28.7 Å². The molecule has 1 aromatic heterocycles. The van der Waals surface area contributed by atoms with Gasteiger partial charge in [0.25, 0.3) is 0 Å². The van der Waals surface area contributed by atoms with Crippen molar-refractivity contribution in [2.24, 2.45) is 0 Å². The van der Waals surface area contributed by atoms with Crippen LogP contribution in [0.15, 0.2) is 36.5 Å². The number of nitrogens with zero attached hydrogens (tertiary/aromatic N) is 2. The van der Waals surface area contributed by atoms with Crippen LogP contribution in [-0.2, 0) is 14.3 Å². The summed E-state index contributed by atoms with van der Waals surface area (Å²) in [7, 11) is 1.14. The maximum Gasteiger partial charge on any atom is 0.412 e. The number of aromatic nitrogens is 1. The third kappa shape index (κ3) is 5.16. The van der Waals surface area contributed by atoms with Gasteiger partial charge in [-0.15, -0.1) is 0 Å². The Kier molecular flexibility index (Phi) is 7.06. The number of benzene rings is 1. The van der Waals surface area contributed by atoms with E-state index >= 15 is 0 Å². The fraction of sp³-hybridized carbons (Fsp3) is 0.458. The van der Waals surface area contributed by atoms with E-state index in [1.54, 1.807) is 6.20 Å². The number of pyridine rings is 1. The molecule has 2 aliphatic heterocycles. The molecule has 0 spiro atoms. The average Bonchev–Trinajstić information content (AvgIpc) is 3.23. The summed E-state index contributed by atoms with van der Waals surface area (Å²) in [4.78, 5) is 30.6. The number of ether oxygens (including phenoxy) is 2. The Morgan fingerprint density at radius 3 is 2.85 bits per heavy atom. The minimum absolute atomic E-state index is 0.000646. The topological polar surface area (TPSA) is 80.8 Å². The molecule has 1 unspecified atom stereocenters. The van der Waals surface area contributed by atoms with Crippen LogP contribution in [0.25, 0.3) is 16.8 Å². The third-order valence-electron chi connectivity index (χ3n) is 6.08. The number of hydrogen-bond acceptors (Lipinski definition) is 6. The highest BCUT2D eigenvalue weighted by Gasteiger charge is 2.51. The van der Waals surface area contributed by atoms with Crippen molar-refractivity contribution < 1.29 is 32.2 Å². The summed E-state index contributed by atoms with van der Waals surface area (Å²) in [6.07, 6.45) is 1.76. The highest BCUT2D eigenvalue weighted by molar-refractivity contribution is 5.90. The number of esters is 1. The van der Waals surface area contributed by atoms with E-state index in [2.05, 4.69) is 10.3 Å². The number of carbonyl (C=O) groups excluding carboxylic acids is 2. The standard InChI is InChI=1S/C24H26F3N3O4/c1-33-23(32)19-13-17-14-30(19)22(31)20(24(25,26)27)28-10-5-3-2-4-6-15-7-8-16-9-11-29-21(34-17)18(16)12-15/h4,6-9,11-12,17,19-20,28H,2-3,5,10,13-14H2,1H3/t17-,19+,20?/m1/s1. The Hall–Kier alpha value is -3.14. The second-order valence-corrected chi connectivity index (χ2v) is 8.43. The number of allylic oxidation sites excluding steroid dienone is 1. The molecule has 2 aromatic rings. The zero-order valence-corrected chi connectivity index (χ0v) is 18.7. The fourth-order valence-electron chi connectivity index (χ4n) is 4.36. The summed E-state index contributed by atoms with van der Waals surface area (Å²) in [5, 5.41) is 3.96. The van der Waals surface area contributed by atoms with Gasteiger partial charge in [0.1, 0.15) is 12.1 Å². The molecule has 0 aliphatic carbocycles. The highest BCUT2D eigenvalue weighted by Crippen LogP contribution is 2.31. The van der Waals surface area contributed by atoms with Crippen LogP contribution in [0.2, 0.25) is 0 Å². The Morgan fingerprint density at radius 1 is 1.26 bits per heavy atom. The maximum atomic E-state index is 13.8. The smallest absolute Gasteiger partial charge is 0.412 e. The van der Waals surface area contributed by atoms with Crippen molar-refractivity contribution in [3.63, 3.8) is 0 Å². The molecule has 3 atom stereocenters. The van der Waals surface area contributed by atoms with Gasteiger partial charge in [-0.1, -0.05) is 24.3 Å². The van der Waals surface area contributed by atoms with Gasteiger partial charge in [0.05, 0.1) is 13.7 Å². The van der Waals surface area contributed by atoms with E-state index in [1.807, 2.05) is 36.4 Å². The molecular formula is C24H26F3N3O4. The zero-order valence-electron chi connectivity index (χ0n) is 18.7. The van der Waals surface area contributed by atoms with Gasteiger partial charge in [0.2, 0.25) is 11.8 Å². The first-order valence-electron chi connectivity index (χ1n) is 11.2. The van der Waals surface area contributed by atoms with Gasteiger partial charge in [-0.3, -0.25) is 10.1 Å². The molecule has 182 valence electrons.